The highest BCUT2D eigenvalue weighted by Gasteiger charge is 2.39. The third kappa shape index (κ3) is 17.3. The molecule has 328 valence electrons. The Morgan fingerprint density at radius 1 is 0.500 bits per heavy atom. The Kier molecular flexibility index (Phi) is 21.3. The van der Waals surface area contributed by atoms with Gasteiger partial charge in [-0.15, -0.1) is 0 Å². The van der Waals surface area contributed by atoms with Gasteiger partial charge in [-0.3, -0.25) is 4.79 Å². The van der Waals surface area contributed by atoms with Crippen molar-refractivity contribution in [2.24, 2.45) is 0 Å². The topological polar surface area (TPSA) is 161 Å². The molecule has 16 atom stereocenters. The molecule has 0 bridgehead atoms. The van der Waals surface area contributed by atoms with Gasteiger partial charge in [0.05, 0.1) is 67.1 Å². The van der Waals surface area contributed by atoms with E-state index >= 15 is 0 Å². The zero-order valence-corrected chi connectivity index (χ0v) is 35.6. The molecule has 0 spiro atoms. The molecule has 4 heterocycles. The second kappa shape index (κ2) is 25.0. The van der Waals surface area contributed by atoms with Crippen molar-refractivity contribution < 1.29 is 62.7 Å². The molecule has 4 aliphatic rings. The van der Waals surface area contributed by atoms with Crippen molar-refractivity contribution in [3.8, 4) is 0 Å². The number of carbonyl (C=O) groups is 1. The maximum Gasteiger partial charge on any atom is 0.302 e. The van der Waals surface area contributed by atoms with E-state index in [1.54, 1.807) is 6.92 Å². The van der Waals surface area contributed by atoms with Crippen LogP contribution in [0.25, 0.3) is 0 Å². The van der Waals surface area contributed by atoms with Gasteiger partial charge in [-0.05, 0) is 71.6 Å². The van der Waals surface area contributed by atoms with Crippen molar-refractivity contribution in [2.45, 2.75) is 269 Å². The van der Waals surface area contributed by atoms with Crippen LogP contribution >= 0.6 is 0 Å². The molecule has 4 fully saturated rings. The third-order valence-electron chi connectivity index (χ3n) is 11.2. The maximum absolute atomic E-state index is 11.5. The van der Waals surface area contributed by atoms with Crippen molar-refractivity contribution in [1.82, 2.24) is 0 Å². The summed E-state index contributed by atoms with van der Waals surface area (Å²) in [7, 11) is 0. The predicted octanol–water partition coefficient (Wildman–Crippen LogP) is 6.97. The smallest absolute Gasteiger partial charge is 0.302 e. The molecule has 13 nitrogen and oxygen atoms in total. The number of hydrogen-bond donors (Lipinski definition) is 3. The van der Waals surface area contributed by atoms with Gasteiger partial charge in [0.15, 0.2) is 25.2 Å². The number of rotatable bonds is 23. The average Bonchev–Trinajstić information content (AvgIpc) is 3.07. The van der Waals surface area contributed by atoms with E-state index in [0.717, 1.165) is 51.4 Å². The van der Waals surface area contributed by atoms with Crippen LogP contribution in [0.1, 0.15) is 170 Å². The molecule has 0 amide bonds. The Balaban J connectivity index is 1.32. The number of esters is 1. The first-order chi connectivity index (χ1) is 26.8. The fourth-order valence-electron chi connectivity index (χ4n) is 8.95. The summed E-state index contributed by atoms with van der Waals surface area (Å²) in [6.45, 7) is 13.5. The number of aliphatic hydroxyl groups is 3. The van der Waals surface area contributed by atoms with E-state index in [-0.39, 0.29) is 86.1 Å². The van der Waals surface area contributed by atoms with Crippen LogP contribution in [0.15, 0.2) is 0 Å². The molecule has 56 heavy (non-hydrogen) atoms. The Morgan fingerprint density at radius 3 is 1.09 bits per heavy atom. The monoisotopic (exact) mass is 803 g/mol. The van der Waals surface area contributed by atoms with Gasteiger partial charge in [-0.1, -0.05) is 53.4 Å². The van der Waals surface area contributed by atoms with Gasteiger partial charge in [0.25, 0.3) is 0 Å². The normalized spacial score (nSPS) is 36.4. The van der Waals surface area contributed by atoms with Gasteiger partial charge in [-0.25, -0.2) is 0 Å². The van der Waals surface area contributed by atoms with E-state index in [2.05, 4.69) is 27.7 Å². The van der Waals surface area contributed by atoms with Crippen molar-refractivity contribution in [3.63, 3.8) is 0 Å². The van der Waals surface area contributed by atoms with Crippen molar-refractivity contribution in [1.29, 1.82) is 0 Å². The molecular formula is C43H78O13. The predicted molar refractivity (Wildman–Crippen MR) is 209 cm³/mol. The minimum absolute atomic E-state index is 0.0920. The lowest BCUT2D eigenvalue weighted by Gasteiger charge is -2.41. The molecule has 4 aliphatic heterocycles. The third-order valence-corrected chi connectivity index (χ3v) is 11.2. The van der Waals surface area contributed by atoms with Gasteiger partial charge < -0.3 is 58.0 Å². The average molecular weight is 803 g/mol. The summed E-state index contributed by atoms with van der Waals surface area (Å²) in [6, 6.07) is 0. The molecular weight excluding hydrogens is 724 g/mol. The summed E-state index contributed by atoms with van der Waals surface area (Å²) in [6.07, 6.45) is 8.65. The Hall–Kier alpha value is -0.970. The van der Waals surface area contributed by atoms with Gasteiger partial charge in [0, 0.05) is 45.4 Å². The first-order valence-corrected chi connectivity index (χ1v) is 22.3. The van der Waals surface area contributed by atoms with Gasteiger partial charge >= 0.3 is 5.97 Å². The summed E-state index contributed by atoms with van der Waals surface area (Å²) >= 11 is 0. The van der Waals surface area contributed by atoms with Gasteiger partial charge in [0.1, 0.15) is 6.10 Å². The van der Waals surface area contributed by atoms with Crippen LogP contribution in [0.3, 0.4) is 0 Å². The van der Waals surface area contributed by atoms with Crippen LogP contribution in [0.5, 0.6) is 0 Å². The highest BCUT2D eigenvalue weighted by molar-refractivity contribution is 5.66. The molecule has 0 aromatic carbocycles. The number of hydrogen-bond acceptors (Lipinski definition) is 13. The van der Waals surface area contributed by atoms with E-state index in [9.17, 15) is 20.1 Å². The summed E-state index contributed by atoms with van der Waals surface area (Å²) in [5, 5.41) is 32.7. The molecule has 0 aromatic heterocycles. The Labute approximate surface area is 337 Å². The van der Waals surface area contributed by atoms with E-state index < -0.39 is 18.3 Å². The van der Waals surface area contributed by atoms with Crippen LogP contribution < -0.4 is 0 Å². The van der Waals surface area contributed by atoms with E-state index in [1.165, 1.54) is 6.92 Å². The van der Waals surface area contributed by atoms with Crippen molar-refractivity contribution in [3.05, 3.63) is 0 Å². The van der Waals surface area contributed by atoms with Gasteiger partial charge in [0.2, 0.25) is 0 Å². The number of aliphatic hydroxyl groups excluding tert-OH is 3. The number of carbonyl (C=O) groups excluding carboxylic acids is 1. The first kappa shape index (κ1) is 47.7. The molecule has 0 aliphatic carbocycles. The summed E-state index contributed by atoms with van der Waals surface area (Å²) in [5.74, 6) is -0.304. The van der Waals surface area contributed by atoms with Crippen LogP contribution in [-0.2, 0) is 47.4 Å². The standard InChI is InChI=1S/C43H78O13/c1-8-12-40-49-32(16-27(5)44)22-34(51-40)18-30(46)20-36-24-38(55-42(53-36)14-10-3)26-39-25-37(54-43(56-39)15-11-4)21-31(47)19-35-23-33(17-28(6)48-29(7)45)50-41(52-35)13-9-2/h27-28,30-44,46-47H,8-26H2,1-7H3. The molecule has 3 N–H and O–H groups in total. The lowest BCUT2D eigenvalue weighted by molar-refractivity contribution is -0.278. The Bertz CT molecular complexity index is 1080. The molecule has 13 heteroatoms. The quantitative estimate of drug-likeness (QED) is 0.0910. The van der Waals surface area contributed by atoms with Crippen LogP contribution in [0.4, 0.5) is 0 Å². The molecule has 0 radical (unpaired) electrons. The van der Waals surface area contributed by atoms with Crippen LogP contribution in [-0.4, -0.2) is 120 Å². The van der Waals surface area contributed by atoms with E-state index in [4.69, 9.17) is 42.6 Å². The summed E-state index contributed by atoms with van der Waals surface area (Å²) in [5.41, 5.74) is 0. The zero-order chi connectivity index (χ0) is 40.6. The largest absolute Gasteiger partial charge is 0.463 e. The summed E-state index contributed by atoms with van der Waals surface area (Å²) < 4.78 is 55.9. The molecule has 0 saturated carbocycles. The van der Waals surface area contributed by atoms with E-state index in [1.807, 2.05) is 6.92 Å². The fraction of sp³-hybridized carbons (Fsp3) is 0.977. The highest BCUT2D eigenvalue weighted by Crippen LogP contribution is 2.35. The lowest BCUT2D eigenvalue weighted by atomic mass is 9.92. The Morgan fingerprint density at radius 2 is 0.786 bits per heavy atom. The maximum atomic E-state index is 11.5. The zero-order valence-electron chi connectivity index (χ0n) is 35.6. The molecule has 16 unspecified atom stereocenters. The van der Waals surface area contributed by atoms with Crippen molar-refractivity contribution >= 4 is 5.97 Å². The van der Waals surface area contributed by atoms with Crippen LogP contribution in [0.2, 0.25) is 0 Å². The first-order valence-electron chi connectivity index (χ1n) is 22.3. The SMILES string of the molecule is CCCC1OC(CC(C)O)CC(CC(O)CC2CC(CC3CC(CC(O)CC4CC(CC(C)OC(C)=O)OC(CCC)O4)OC(CCC)O3)OC(CCC)O2)O1. The lowest BCUT2D eigenvalue weighted by Crippen LogP contribution is -2.45. The summed E-state index contributed by atoms with van der Waals surface area (Å²) in [4.78, 5) is 11.5. The molecule has 0 aromatic rings. The minimum atomic E-state index is -0.628. The molecule has 4 saturated heterocycles. The number of ether oxygens (including phenoxy) is 9. The highest BCUT2D eigenvalue weighted by atomic mass is 16.7. The van der Waals surface area contributed by atoms with Crippen LogP contribution in [0, 0.1) is 0 Å². The fourth-order valence-corrected chi connectivity index (χ4v) is 8.95. The van der Waals surface area contributed by atoms with E-state index in [0.29, 0.717) is 70.6 Å². The minimum Gasteiger partial charge on any atom is -0.463 e. The second-order valence-corrected chi connectivity index (χ2v) is 17.1. The van der Waals surface area contributed by atoms with Crippen molar-refractivity contribution in [2.75, 3.05) is 0 Å². The van der Waals surface area contributed by atoms with Gasteiger partial charge in [-0.2, -0.15) is 0 Å². The molecule has 4 rings (SSSR count). The second-order valence-electron chi connectivity index (χ2n) is 17.1.